The van der Waals surface area contributed by atoms with Crippen LogP contribution in [0.3, 0.4) is 0 Å². The number of ether oxygens (including phenoxy) is 1. The maximum atomic E-state index is 12.3. The Kier molecular flexibility index (Phi) is 12.9. The predicted octanol–water partition coefficient (Wildman–Crippen LogP) is 4.53. The van der Waals surface area contributed by atoms with Crippen LogP contribution in [0.1, 0.15) is 91.9 Å². The Balaban J connectivity index is 0.000000665. The predicted molar refractivity (Wildman–Crippen MR) is 110 cm³/mol. The van der Waals surface area contributed by atoms with Crippen molar-refractivity contribution in [3.8, 4) is 0 Å². The van der Waals surface area contributed by atoms with Gasteiger partial charge in [-0.05, 0) is 32.6 Å². The monoisotopic (exact) mass is 412 g/mol. The number of aliphatic hydroxyl groups excluding tert-OH is 1. The van der Waals surface area contributed by atoms with Crippen molar-refractivity contribution in [2.75, 3.05) is 0 Å². The van der Waals surface area contributed by atoms with Gasteiger partial charge in [0, 0.05) is 18.9 Å². The molecule has 0 spiro atoms. The van der Waals surface area contributed by atoms with Gasteiger partial charge in [-0.2, -0.15) is 0 Å². The van der Waals surface area contributed by atoms with Crippen molar-refractivity contribution in [2.45, 2.75) is 97.5 Å². The number of aliphatic carboxylic acids is 1. The van der Waals surface area contributed by atoms with Crippen LogP contribution in [-0.2, 0) is 23.9 Å². The lowest BCUT2D eigenvalue weighted by atomic mass is 9.85. The molecule has 2 unspecified atom stereocenters. The van der Waals surface area contributed by atoms with Gasteiger partial charge in [0.1, 0.15) is 23.9 Å². The van der Waals surface area contributed by atoms with Crippen molar-refractivity contribution in [1.29, 1.82) is 0 Å². The van der Waals surface area contributed by atoms with Crippen LogP contribution in [0.25, 0.3) is 0 Å². The lowest BCUT2D eigenvalue weighted by molar-refractivity contribution is -0.169. The van der Waals surface area contributed by atoms with Crippen LogP contribution in [0.5, 0.6) is 0 Å². The molecule has 1 aliphatic heterocycles. The number of carbonyl (C=O) groups is 4. The molecule has 166 valence electrons. The summed E-state index contributed by atoms with van der Waals surface area (Å²) in [5.74, 6) is -2.53. The fourth-order valence-corrected chi connectivity index (χ4v) is 2.80. The van der Waals surface area contributed by atoms with E-state index in [2.05, 4.69) is 0 Å². The van der Waals surface area contributed by atoms with Crippen molar-refractivity contribution in [3.63, 3.8) is 0 Å². The van der Waals surface area contributed by atoms with Crippen LogP contribution in [0.15, 0.2) is 11.8 Å². The maximum Gasteiger partial charge on any atom is 0.317 e. The lowest BCUT2D eigenvalue weighted by Crippen LogP contribution is -2.46. The molecular formula is C22H36O7. The number of carboxylic acid groups (broad SMARTS) is 1. The molecule has 29 heavy (non-hydrogen) atoms. The maximum absolute atomic E-state index is 12.3. The van der Waals surface area contributed by atoms with Crippen molar-refractivity contribution >= 4 is 23.5 Å². The third kappa shape index (κ3) is 9.72. The summed E-state index contributed by atoms with van der Waals surface area (Å²) in [4.78, 5) is 44.7. The molecule has 2 atom stereocenters. The summed E-state index contributed by atoms with van der Waals surface area (Å²) in [6, 6.07) is 0. The second-order valence-electron chi connectivity index (χ2n) is 7.44. The number of aliphatic hydroxyl groups is 1. The summed E-state index contributed by atoms with van der Waals surface area (Å²) < 4.78 is 5.39. The van der Waals surface area contributed by atoms with E-state index in [1.807, 2.05) is 20.8 Å². The number of carboxylic acids is 1. The second kappa shape index (κ2) is 13.9. The number of Topliss-reactive ketones (excluding diaryl/α,β-unsaturated/α-hetero) is 2. The molecule has 7 nitrogen and oxygen atoms in total. The van der Waals surface area contributed by atoms with Gasteiger partial charge in [0.05, 0.1) is 0 Å². The van der Waals surface area contributed by atoms with Crippen LogP contribution in [0.4, 0.5) is 0 Å². The summed E-state index contributed by atoms with van der Waals surface area (Å²) >= 11 is 0. The van der Waals surface area contributed by atoms with Crippen LogP contribution >= 0.6 is 0 Å². The highest BCUT2D eigenvalue weighted by atomic mass is 16.6. The van der Waals surface area contributed by atoms with E-state index in [-0.39, 0.29) is 23.7 Å². The van der Waals surface area contributed by atoms with Gasteiger partial charge in [-0.15, -0.1) is 0 Å². The summed E-state index contributed by atoms with van der Waals surface area (Å²) in [5.41, 5.74) is -1.24. The Bertz CT molecular complexity index is 594. The Morgan fingerprint density at radius 1 is 1.03 bits per heavy atom. The standard InChI is InChI=1S/C15H24O4.C7H12O3/c1-4-6-8-13(17)15(9-7-5-2)10-12(16)11(3)14(18)19-15;1-2-3-4-6(8)5-7(9)10/h10-11,16H,4-9H2,1-3H3;2-5H2,1H3,(H,9,10). The summed E-state index contributed by atoms with van der Waals surface area (Å²) in [6.07, 6.45) is 7.48. The molecule has 0 aromatic heterocycles. The van der Waals surface area contributed by atoms with Crippen molar-refractivity contribution in [2.24, 2.45) is 5.92 Å². The van der Waals surface area contributed by atoms with E-state index in [4.69, 9.17) is 9.84 Å². The lowest BCUT2D eigenvalue weighted by Gasteiger charge is -2.34. The smallest absolute Gasteiger partial charge is 0.317 e. The molecule has 0 radical (unpaired) electrons. The molecule has 1 aliphatic rings. The highest BCUT2D eigenvalue weighted by Gasteiger charge is 2.44. The Hall–Kier alpha value is -2.18. The quantitative estimate of drug-likeness (QED) is 0.357. The number of esters is 1. The number of cyclic esters (lactones) is 1. The minimum Gasteiger partial charge on any atom is -0.512 e. The van der Waals surface area contributed by atoms with Crippen molar-refractivity contribution < 1.29 is 34.1 Å². The molecule has 0 aromatic rings. The summed E-state index contributed by atoms with van der Waals surface area (Å²) in [6.45, 7) is 7.57. The molecule has 7 heteroatoms. The van der Waals surface area contributed by atoms with E-state index >= 15 is 0 Å². The van der Waals surface area contributed by atoms with Crippen LogP contribution in [0.2, 0.25) is 0 Å². The van der Waals surface area contributed by atoms with Gasteiger partial charge in [-0.3, -0.25) is 19.2 Å². The molecule has 2 N–H and O–H groups in total. The van der Waals surface area contributed by atoms with Gasteiger partial charge in [-0.25, -0.2) is 0 Å². The first-order valence-corrected chi connectivity index (χ1v) is 10.5. The normalized spacial score (nSPS) is 20.8. The highest BCUT2D eigenvalue weighted by Crippen LogP contribution is 2.33. The molecule has 1 heterocycles. The molecule has 1 rings (SSSR count). The minimum atomic E-state index is -1.24. The third-order valence-electron chi connectivity index (χ3n) is 4.75. The molecule has 0 bridgehead atoms. The topological polar surface area (TPSA) is 118 Å². The largest absolute Gasteiger partial charge is 0.512 e. The van der Waals surface area contributed by atoms with Crippen LogP contribution in [-0.4, -0.2) is 39.3 Å². The van der Waals surface area contributed by atoms with E-state index < -0.39 is 23.5 Å². The zero-order chi connectivity index (χ0) is 22.4. The number of rotatable bonds is 12. The zero-order valence-corrected chi connectivity index (χ0v) is 18.2. The Morgan fingerprint density at radius 2 is 1.59 bits per heavy atom. The number of hydrogen-bond donors (Lipinski definition) is 2. The number of hydrogen-bond acceptors (Lipinski definition) is 6. The average Bonchev–Trinajstić information content (AvgIpc) is 2.66. The summed E-state index contributed by atoms with van der Waals surface area (Å²) in [5, 5.41) is 18.0. The number of carbonyl (C=O) groups excluding carboxylic acids is 3. The van der Waals surface area contributed by atoms with Gasteiger partial charge >= 0.3 is 11.9 Å². The zero-order valence-electron chi connectivity index (χ0n) is 18.2. The first kappa shape index (κ1) is 26.8. The van der Waals surface area contributed by atoms with E-state index in [9.17, 15) is 24.3 Å². The molecule has 0 saturated carbocycles. The average molecular weight is 413 g/mol. The fourth-order valence-electron chi connectivity index (χ4n) is 2.80. The summed E-state index contributed by atoms with van der Waals surface area (Å²) in [7, 11) is 0. The molecule has 0 amide bonds. The van der Waals surface area contributed by atoms with E-state index in [1.54, 1.807) is 6.92 Å². The van der Waals surface area contributed by atoms with E-state index in [0.29, 0.717) is 19.3 Å². The SMILES string of the molecule is CCCCC(=O)C1(CCCC)C=C(O)C(C)C(=O)O1.CCCCC(=O)CC(=O)O. The van der Waals surface area contributed by atoms with Gasteiger partial charge in [0.2, 0.25) is 0 Å². The molecule has 0 aliphatic carbocycles. The Labute approximate surface area is 173 Å². The van der Waals surface area contributed by atoms with Gasteiger partial charge in [0.25, 0.3) is 0 Å². The highest BCUT2D eigenvalue weighted by molar-refractivity contribution is 5.94. The third-order valence-corrected chi connectivity index (χ3v) is 4.75. The molecule has 0 fully saturated rings. The molecular weight excluding hydrogens is 376 g/mol. The van der Waals surface area contributed by atoms with Gasteiger partial charge < -0.3 is 14.9 Å². The minimum absolute atomic E-state index is 0.0443. The van der Waals surface area contributed by atoms with E-state index in [1.165, 1.54) is 6.08 Å². The van der Waals surface area contributed by atoms with Crippen LogP contribution in [0, 0.1) is 5.92 Å². The second-order valence-corrected chi connectivity index (χ2v) is 7.44. The van der Waals surface area contributed by atoms with Gasteiger partial charge in [-0.1, -0.05) is 40.0 Å². The van der Waals surface area contributed by atoms with Crippen molar-refractivity contribution in [1.82, 2.24) is 0 Å². The van der Waals surface area contributed by atoms with Crippen molar-refractivity contribution in [3.05, 3.63) is 11.8 Å². The van der Waals surface area contributed by atoms with E-state index in [0.717, 1.165) is 38.5 Å². The Morgan fingerprint density at radius 3 is 2.07 bits per heavy atom. The molecule has 0 aromatic carbocycles. The first-order chi connectivity index (χ1) is 13.6. The fraction of sp³-hybridized carbons (Fsp3) is 0.727. The van der Waals surface area contributed by atoms with Gasteiger partial charge in [0.15, 0.2) is 11.4 Å². The first-order valence-electron chi connectivity index (χ1n) is 10.5. The van der Waals surface area contributed by atoms with Crippen LogP contribution < -0.4 is 0 Å². The number of unbranched alkanes of at least 4 members (excludes halogenated alkanes) is 3. The molecule has 0 saturated heterocycles. The number of ketones is 2.